The van der Waals surface area contributed by atoms with Gasteiger partial charge in [0.1, 0.15) is 10.8 Å². The molecule has 0 bridgehead atoms. The molecule has 1 atom stereocenters. The van der Waals surface area contributed by atoms with E-state index in [0.717, 1.165) is 22.0 Å². The Morgan fingerprint density at radius 1 is 1.21 bits per heavy atom. The first kappa shape index (κ1) is 19.8. The van der Waals surface area contributed by atoms with Crippen LogP contribution in [-0.4, -0.2) is 30.6 Å². The molecule has 3 rings (SSSR count). The highest BCUT2D eigenvalue weighted by Gasteiger charge is 2.16. The molecule has 28 heavy (non-hydrogen) atoms. The monoisotopic (exact) mass is 400 g/mol. The third-order valence-electron chi connectivity index (χ3n) is 4.08. The van der Waals surface area contributed by atoms with Gasteiger partial charge in [0.15, 0.2) is 17.7 Å². The van der Waals surface area contributed by atoms with Crippen molar-refractivity contribution < 1.29 is 18.7 Å². The first-order valence-corrected chi connectivity index (χ1v) is 9.72. The van der Waals surface area contributed by atoms with Gasteiger partial charge in [-0.3, -0.25) is 4.79 Å². The van der Waals surface area contributed by atoms with Crippen molar-refractivity contribution >= 4 is 17.2 Å². The number of methoxy groups -OCH3 is 1. The maximum atomic E-state index is 13.6. The van der Waals surface area contributed by atoms with Crippen LogP contribution in [0.25, 0.3) is 10.6 Å². The number of nitrogens with one attached hydrogen (secondary N) is 1. The summed E-state index contributed by atoms with van der Waals surface area (Å²) in [7, 11) is 1.63. The second-order valence-electron chi connectivity index (χ2n) is 6.10. The molecular formula is C21H21FN2O3S. The van der Waals surface area contributed by atoms with E-state index in [1.165, 1.54) is 12.1 Å². The first-order chi connectivity index (χ1) is 13.6. The third-order valence-corrected chi connectivity index (χ3v) is 5.02. The Hall–Kier alpha value is -2.93. The molecule has 0 spiro atoms. The summed E-state index contributed by atoms with van der Waals surface area (Å²) in [5.74, 6) is 0.0771. The zero-order chi connectivity index (χ0) is 19.9. The predicted octanol–water partition coefficient (Wildman–Crippen LogP) is 4.08. The van der Waals surface area contributed by atoms with E-state index >= 15 is 0 Å². The number of nitrogens with zero attached hydrogens (tertiary/aromatic N) is 1. The molecule has 1 unspecified atom stereocenters. The molecule has 0 saturated carbocycles. The van der Waals surface area contributed by atoms with Crippen molar-refractivity contribution in [1.82, 2.24) is 10.3 Å². The Bertz CT molecular complexity index is 927. The third kappa shape index (κ3) is 5.07. The van der Waals surface area contributed by atoms with Crippen LogP contribution < -0.4 is 14.8 Å². The van der Waals surface area contributed by atoms with E-state index in [1.54, 1.807) is 37.5 Å². The zero-order valence-corrected chi connectivity index (χ0v) is 16.5. The van der Waals surface area contributed by atoms with Crippen LogP contribution in [0.5, 0.6) is 11.5 Å². The highest BCUT2D eigenvalue weighted by Crippen LogP contribution is 2.25. The second kappa shape index (κ2) is 9.32. The molecule has 0 aliphatic heterocycles. The molecule has 2 aromatic carbocycles. The molecule has 7 heteroatoms. The lowest BCUT2D eigenvalue weighted by molar-refractivity contribution is -0.127. The number of para-hydroxylation sites is 1. The molecule has 1 N–H and O–H groups in total. The van der Waals surface area contributed by atoms with Crippen LogP contribution in [-0.2, 0) is 11.2 Å². The number of hydrogen-bond donors (Lipinski definition) is 1. The molecule has 0 saturated heterocycles. The molecule has 1 aromatic heterocycles. The highest BCUT2D eigenvalue weighted by molar-refractivity contribution is 7.13. The van der Waals surface area contributed by atoms with Crippen molar-refractivity contribution in [2.75, 3.05) is 13.7 Å². The van der Waals surface area contributed by atoms with Gasteiger partial charge in [-0.1, -0.05) is 12.1 Å². The quantitative estimate of drug-likeness (QED) is 0.619. The number of aromatic nitrogens is 1. The Labute approximate surface area is 167 Å². The van der Waals surface area contributed by atoms with Crippen LogP contribution in [0.4, 0.5) is 4.39 Å². The van der Waals surface area contributed by atoms with Gasteiger partial charge in [-0.15, -0.1) is 11.3 Å². The van der Waals surface area contributed by atoms with Gasteiger partial charge < -0.3 is 14.8 Å². The molecule has 0 fully saturated rings. The minimum absolute atomic E-state index is 0.0637. The predicted molar refractivity (Wildman–Crippen MR) is 107 cm³/mol. The van der Waals surface area contributed by atoms with Crippen LogP contribution in [0.1, 0.15) is 12.6 Å². The Morgan fingerprint density at radius 3 is 2.68 bits per heavy atom. The maximum Gasteiger partial charge on any atom is 0.260 e. The van der Waals surface area contributed by atoms with Crippen molar-refractivity contribution in [3.8, 4) is 22.1 Å². The van der Waals surface area contributed by atoms with E-state index < -0.39 is 11.9 Å². The Kier molecular flexibility index (Phi) is 6.60. The van der Waals surface area contributed by atoms with E-state index in [9.17, 15) is 9.18 Å². The first-order valence-electron chi connectivity index (χ1n) is 8.84. The van der Waals surface area contributed by atoms with Crippen LogP contribution in [0, 0.1) is 5.82 Å². The SMILES string of the molecule is COc1ccc(-c2nc(CCNC(=O)C(C)Oc3ccccc3F)cs2)cc1. The van der Waals surface area contributed by atoms with E-state index in [-0.39, 0.29) is 11.7 Å². The van der Waals surface area contributed by atoms with Crippen molar-refractivity contribution in [3.05, 3.63) is 65.4 Å². The number of hydrogen-bond acceptors (Lipinski definition) is 5. The summed E-state index contributed by atoms with van der Waals surface area (Å²) < 4.78 is 24.1. The van der Waals surface area contributed by atoms with Crippen LogP contribution >= 0.6 is 11.3 Å². The number of carbonyl (C=O) groups excluding carboxylic acids is 1. The van der Waals surface area contributed by atoms with E-state index in [0.29, 0.717) is 13.0 Å². The molecule has 0 radical (unpaired) electrons. The minimum Gasteiger partial charge on any atom is -0.497 e. The average molecular weight is 400 g/mol. The van der Waals surface area contributed by atoms with Gasteiger partial charge in [0.25, 0.3) is 5.91 Å². The number of amides is 1. The Morgan fingerprint density at radius 2 is 1.96 bits per heavy atom. The molecular weight excluding hydrogens is 379 g/mol. The van der Waals surface area contributed by atoms with E-state index in [4.69, 9.17) is 9.47 Å². The minimum atomic E-state index is -0.790. The summed E-state index contributed by atoms with van der Waals surface area (Å²) >= 11 is 1.55. The lowest BCUT2D eigenvalue weighted by atomic mass is 10.2. The van der Waals surface area contributed by atoms with Gasteiger partial charge in [0, 0.05) is 23.9 Å². The standard InChI is InChI=1S/C21H21FN2O3S/c1-14(27-19-6-4-3-5-18(19)22)20(25)23-12-11-16-13-28-21(24-16)15-7-9-17(26-2)10-8-15/h3-10,13-14H,11-12H2,1-2H3,(H,23,25). The number of benzene rings is 2. The zero-order valence-electron chi connectivity index (χ0n) is 15.6. The second-order valence-corrected chi connectivity index (χ2v) is 6.96. The summed E-state index contributed by atoms with van der Waals surface area (Å²) in [4.78, 5) is 16.8. The smallest absolute Gasteiger partial charge is 0.260 e. The number of rotatable bonds is 8. The Balaban J connectivity index is 1.48. The number of thiazole rings is 1. The summed E-state index contributed by atoms with van der Waals surface area (Å²) in [6.45, 7) is 2.02. The molecule has 3 aromatic rings. The molecule has 0 aliphatic carbocycles. The molecule has 1 heterocycles. The maximum absolute atomic E-state index is 13.6. The van der Waals surface area contributed by atoms with Gasteiger partial charge >= 0.3 is 0 Å². The van der Waals surface area contributed by atoms with Gasteiger partial charge in [0.2, 0.25) is 0 Å². The fourth-order valence-corrected chi connectivity index (χ4v) is 3.39. The van der Waals surface area contributed by atoms with E-state index in [1.807, 2.05) is 29.6 Å². The van der Waals surface area contributed by atoms with E-state index in [2.05, 4.69) is 10.3 Å². The van der Waals surface area contributed by atoms with Crippen molar-refractivity contribution in [2.45, 2.75) is 19.4 Å². The number of halogens is 1. The molecule has 5 nitrogen and oxygen atoms in total. The topological polar surface area (TPSA) is 60.5 Å². The fraction of sp³-hybridized carbons (Fsp3) is 0.238. The normalized spacial score (nSPS) is 11.7. The van der Waals surface area contributed by atoms with Gasteiger partial charge in [-0.25, -0.2) is 9.37 Å². The largest absolute Gasteiger partial charge is 0.497 e. The summed E-state index contributed by atoms with van der Waals surface area (Å²) in [5.41, 5.74) is 1.92. The molecule has 146 valence electrons. The van der Waals surface area contributed by atoms with Crippen molar-refractivity contribution in [2.24, 2.45) is 0 Å². The number of carbonyl (C=O) groups is 1. The molecule has 0 aliphatic rings. The summed E-state index contributed by atoms with van der Waals surface area (Å²) in [6, 6.07) is 13.7. The van der Waals surface area contributed by atoms with Gasteiger partial charge in [0.05, 0.1) is 12.8 Å². The lowest BCUT2D eigenvalue weighted by Crippen LogP contribution is -2.37. The van der Waals surface area contributed by atoms with Crippen LogP contribution in [0.15, 0.2) is 53.9 Å². The summed E-state index contributed by atoms with van der Waals surface area (Å²) in [6.07, 6.45) is -0.188. The lowest BCUT2D eigenvalue weighted by Gasteiger charge is -2.14. The van der Waals surface area contributed by atoms with Crippen molar-refractivity contribution in [3.63, 3.8) is 0 Å². The average Bonchev–Trinajstić information content (AvgIpc) is 3.18. The van der Waals surface area contributed by atoms with Crippen molar-refractivity contribution in [1.29, 1.82) is 0 Å². The fourth-order valence-electron chi connectivity index (χ4n) is 2.53. The summed E-state index contributed by atoms with van der Waals surface area (Å²) in [5, 5.41) is 5.69. The highest BCUT2D eigenvalue weighted by atomic mass is 32.1. The van der Waals surface area contributed by atoms with Gasteiger partial charge in [-0.2, -0.15) is 0 Å². The molecule has 1 amide bonds. The number of ether oxygens (including phenoxy) is 2. The van der Waals surface area contributed by atoms with Crippen LogP contribution in [0.2, 0.25) is 0 Å². The van der Waals surface area contributed by atoms with Gasteiger partial charge in [-0.05, 0) is 43.3 Å². The van der Waals surface area contributed by atoms with Crippen LogP contribution in [0.3, 0.4) is 0 Å².